The molecule has 0 bridgehead atoms. The third-order valence-electron chi connectivity index (χ3n) is 2.88. The zero-order valence-corrected chi connectivity index (χ0v) is 10.3. The Balaban J connectivity index is 0.00000121. The van der Waals surface area contributed by atoms with Gasteiger partial charge in [0.05, 0.1) is 11.8 Å². The van der Waals surface area contributed by atoms with Gasteiger partial charge in [-0.2, -0.15) is 5.26 Å². The summed E-state index contributed by atoms with van der Waals surface area (Å²) >= 11 is 0. The van der Waals surface area contributed by atoms with Gasteiger partial charge in [0.15, 0.2) is 0 Å². The van der Waals surface area contributed by atoms with Crippen molar-refractivity contribution in [1.82, 2.24) is 25.3 Å². The largest absolute Gasteiger partial charge is 0.357 e. The third kappa shape index (κ3) is 1.99. The van der Waals surface area contributed by atoms with Gasteiger partial charge in [-0.25, -0.2) is 9.97 Å². The molecular formula is C13H14N6O. The molecule has 0 fully saturated rings. The zero-order valence-electron chi connectivity index (χ0n) is 10.3. The summed E-state index contributed by atoms with van der Waals surface area (Å²) in [5, 5.41) is 11.8. The van der Waals surface area contributed by atoms with Crippen molar-refractivity contribution < 1.29 is 7.65 Å². The maximum Gasteiger partial charge on any atom is 0.268 e. The van der Waals surface area contributed by atoms with Crippen molar-refractivity contribution in [1.29, 1.82) is 5.26 Å². The van der Waals surface area contributed by atoms with E-state index in [9.17, 15) is 4.79 Å². The van der Waals surface area contributed by atoms with E-state index in [0.29, 0.717) is 5.69 Å². The van der Waals surface area contributed by atoms with Crippen LogP contribution in [0.1, 0.15) is 13.3 Å². The molecule has 3 N–H and O–H groups in total. The van der Waals surface area contributed by atoms with Crippen LogP contribution in [0.5, 0.6) is 0 Å². The van der Waals surface area contributed by atoms with E-state index in [0.717, 1.165) is 22.3 Å². The highest BCUT2D eigenvalue weighted by molar-refractivity contribution is 5.96. The summed E-state index contributed by atoms with van der Waals surface area (Å²) in [5.74, 6) is -0.322. The number of amides is 1. The SMILES string of the molecule is N#CCNC(=O)c1cc(-c2ncnc3[nH]ccc23)c[nH]1.[HH].[HH]. The van der Waals surface area contributed by atoms with Gasteiger partial charge >= 0.3 is 0 Å². The fraction of sp³-hybridized carbons (Fsp3) is 0.0769. The summed E-state index contributed by atoms with van der Waals surface area (Å²) in [6, 6.07) is 5.43. The predicted octanol–water partition coefficient (Wildman–Crippen LogP) is 1.70. The number of carbonyl (C=O) groups is 1. The monoisotopic (exact) mass is 270 g/mol. The number of nitriles is 1. The standard InChI is InChI=1S/C13H10N6O.2H2/c14-2-4-16-13(20)10-5-8(6-17-10)11-9-1-3-15-12(9)19-7-18-11;;/h1,3,5-7,17H,4H2,(H,16,20)(H,15,18,19);2*1H. The molecule has 0 aliphatic carbocycles. The molecule has 1 amide bonds. The van der Waals surface area contributed by atoms with Gasteiger partial charge in [-0.3, -0.25) is 4.79 Å². The van der Waals surface area contributed by atoms with Crippen molar-refractivity contribution in [3.8, 4) is 17.3 Å². The lowest BCUT2D eigenvalue weighted by Crippen LogP contribution is -2.23. The highest BCUT2D eigenvalue weighted by atomic mass is 16.1. The number of carbonyl (C=O) groups excluding carboxylic acids is 1. The Morgan fingerprint density at radius 1 is 1.45 bits per heavy atom. The second-order valence-corrected chi connectivity index (χ2v) is 4.11. The second kappa shape index (κ2) is 4.85. The first-order valence-corrected chi connectivity index (χ1v) is 5.91. The van der Waals surface area contributed by atoms with Crippen molar-refractivity contribution in [2.45, 2.75) is 0 Å². The molecule has 0 saturated heterocycles. The number of hydrogen-bond donors (Lipinski definition) is 3. The molecule has 0 aliphatic rings. The maximum absolute atomic E-state index is 11.7. The average Bonchev–Trinajstić information content (AvgIpc) is 3.12. The first kappa shape index (κ1) is 11.9. The lowest BCUT2D eigenvalue weighted by molar-refractivity contribution is 0.0954. The van der Waals surface area contributed by atoms with Crippen LogP contribution in [0.2, 0.25) is 0 Å². The molecule has 102 valence electrons. The minimum Gasteiger partial charge on any atom is -0.357 e. The van der Waals surface area contributed by atoms with E-state index in [1.807, 2.05) is 12.1 Å². The molecule has 3 heterocycles. The molecule has 0 saturated carbocycles. The summed E-state index contributed by atoms with van der Waals surface area (Å²) in [4.78, 5) is 26.0. The van der Waals surface area contributed by atoms with Gasteiger partial charge in [0, 0.05) is 26.2 Å². The fourth-order valence-corrected chi connectivity index (χ4v) is 1.98. The summed E-state index contributed by atoms with van der Waals surface area (Å²) < 4.78 is 0. The molecule has 3 aromatic heterocycles. The molecule has 0 aromatic carbocycles. The molecule has 0 unspecified atom stereocenters. The lowest BCUT2D eigenvalue weighted by Gasteiger charge is -1.98. The second-order valence-electron chi connectivity index (χ2n) is 4.11. The van der Waals surface area contributed by atoms with Crippen molar-refractivity contribution in [2.24, 2.45) is 0 Å². The number of aromatic nitrogens is 4. The van der Waals surface area contributed by atoms with E-state index in [-0.39, 0.29) is 15.3 Å². The fourth-order valence-electron chi connectivity index (χ4n) is 1.98. The van der Waals surface area contributed by atoms with Gasteiger partial charge < -0.3 is 15.3 Å². The van der Waals surface area contributed by atoms with Gasteiger partial charge in [-0.1, -0.05) is 0 Å². The average molecular weight is 270 g/mol. The number of rotatable bonds is 3. The van der Waals surface area contributed by atoms with Crippen LogP contribution in [-0.4, -0.2) is 32.4 Å². The van der Waals surface area contributed by atoms with Gasteiger partial charge in [0.1, 0.15) is 24.2 Å². The van der Waals surface area contributed by atoms with Crippen molar-refractivity contribution in [2.75, 3.05) is 6.54 Å². The minimum absolute atomic E-state index is 0. The highest BCUT2D eigenvalue weighted by Gasteiger charge is 2.12. The summed E-state index contributed by atoms with van der Waals surface area (Å²) in [6.07, 6.45) is 4.96. The van der Waals surface area contributed by atoms with Crippen molar-refractivity contribution in [3.63, 3.8) is 0 Å². The Morgan fingerprint density at radius 3 is 3.20 bits per heavy atom. The van der Waals surface area contributed by atoms with Crippen LogP contribution in [0.15, 0.2) is 30.9 Å². The number of nitrogens with zero attached hydrogens (tertiary/aromatic N) is 3. The zero-order chi connectivity index (χ0) is 13.9. The number of H-pyrrole nitrogens is 2. The molecule has 0 aliphatic heterocycles. The predicted molar refractivity (Wildman–Crippen MR) is 75.8 cm³/mol. The van der Waals surface area contributed by atoms with Crippen LogP contribution in [0.3, 0.4) is 0 Å². The summed E-state index contributed by atoms with van der Waals surface area (Å²) in [7, 11) is 0. The summed E-state index contributed by atoms with van der Waals surface area (Å²) in [5.41, 5.74) is 2.66. The first-order valence-electron chi connectivity index (χ1n) is 5.91. The van der Waals surface area contributed by atoms with Gasteiger partial charge in [0.25, 0.3) is 5.91 Å². The van der Waals surface area contributed by atoms with E-state index in [1.54, 1.807) is 18.5 Å². The quantitative estimate of drug-likeness (QED) is 0.629. The molecule has 3 rings (SSSR count). The van der Waals surface area contributed by atoms with Gasteiger partial charge in [-0.05, 0) is 12.1 Å². The molecule has 3 aromatic rings. The summed E-state index contributed by atoms with van der Waals surface area (Å²) in [6.45, 7) is -0.0251. The highest BCUT2D eigenvalue weighted by Crippen LogP contribution is 2.25. The smallest absolute Gasteiger partial charge is 0.268 e. The lowest BCUT2D eigenvalue weighted by atomic mass is 10.1. The Hall–Kier alpha value is -3.14. The van der Waals surface area contributed by atoms with E-state index < -0.39 is 0 Å². The topological polar surface area (TPSA) is 110 Å². The number of fused-ring (bicyclic) bond motifs is 1. The molecule has 7 nitrogen and oxygen atoms in total. The molecular weight excluding hydrogens is 256 g/mol. The first-order chi connectivity index (χ1) is 9.79. The number of aromatic amines is 2. The number of nitrogens with one attached hydrogen (secondary N) is 3. The number of hydrogen-bond acceptors (Lipinski definition) is 4. The Bertz CT molecular complexity index is 819. The van der Waals surface area contributed by atoms with Crippen LogP contribution in [0.25, 0.3) is 22.3 Å². The van der Waals surface area contributed by atoms with Crippen LogP contribution < -0.4 is 5.32 Å². The van der Waals surface area contributed by atoms with E-state index in [4.69, 9.17) is 5.26 Å². The van der Waals surface area contributed by atoms with Gasteiger partial charge in [0.2, 0.25) is 0 Å². The van der Waals surface area contributed by atoms with Crippen LogP contribution in [0, 0.1) is 11.3 Å². The third-order valence-corrected chi connectivity index (χ3v) is 2.88. The van der Waals surface area contributed by atoms with Crippen molar-refractivity contribution >= 4 is 16.9 Å². The van der Waals surface area contributed by atoms with Crippen LogP contribution in [0.4, 0.5) is 0 Å². The normalized spacial score (nSPS) is 10.3. The van der Waals surface area contributed by atoms with E-state index in [1.165, 1.54) is 6.33 Å². The van der Waals surface area contributed by atoms with Gasteiger partial charge in [-0.15, -0.1) is 0 Å². The maximum atomic E-state index is 11.7. The molecule has 0 atom stereocenters. The molecule has 20 heavy (non-hydrogen) atoms. The van der Waals surface area contributed by atoms with Crippen LogP contribution in [-0.2, 0) is 0 Å². The minimum atomic E-state index is -0.322. The molecule has 7 heteroatoms. The van der Waals surface area contributed by atoms with Crippen LogP contribution >= 0.6 is 0 Å². The molecule has 0 radical (unpaired) electrons. The Labute approximate surface area is 116 Å². The van der Waals surface area contributed by atoms with E-state index in [2.05, 4.69) is 25.3 Å². The molecule has 0 spiro atoms. The Kier molecular flexibility index (Phi) is 2.89. The van der Waals surface area contributed by atoms with Crippen molar-refractivity contribution in [3.05, 3.63) is 36.5 Å². The van der Waals surface area contributed by atoms with E-state index >= 15 is 0 Å². The Morgan fingerprint density at radius 2 is 2.35 bits per heavy atom.